The van der Waals surface area contributed by atoms with Crippen molar-refractivity contribution in [2.24, 2.45) is 0 Å². The molecule has 1 unspecified atom stereocenters. The van der Waals surface area contributed by atoms with Crippen LogP contribution in [0.1, 0.15) is 20.3 Å². The summed E-state index contributed by atoms with van der Waals surface area (Å²) in [5.41, 5.74) is 4.02. The topological polar surface area (TPSA) is 25.4 Å². The monoisotopic (exact) mass is 352 g/mol. The molecule has 3 aromatic rings. The highest BCUT2D eigenvalue weighted by Crippen LogP contribution is 2.26. The standard InChI is InChI=1S/C22H25FN2O/c1-4-19(15-23)26-20-12-8-17-9-13-21(24-22(17)14-20)16-6-10-18(11-7-16)25(3)5-2/h6-14,19H,4-5,15H2,1-3H3. The van der Waals surface area contributed by atoms with Gasteiger partial charge in [0.05, 0.1) is 11.2 Å². The van der Waals surface area contributed by atoms with E-state index in [9.17, 15) is 4.39 Å². The molecule has 3 rings (SSSR count). The number of fused-ring (bicyclic) bond motifs is 1. The zero-order chi connectivity index (χ0) is 18.5. The van der Waals surface area contributed by atoms with Crippen LogP contribution in [0.25, 0.3) is 22.2 Å². The van der Waals surface area contributed by atoms with Crippen LogP contribution in [0.4, 0.5) is 10.1 Å². The first-order valence-corrected chi connectivity index (χ1v) is 9.09. The molecule has 4 heteroatoms. The highest BCUT2D eigenvalue weighted by atomic mass is 19.1. The van der Waals surface area contributed by atoms with Gasteiger partial charge in [-0.15, -0.1) is 0 Å². The Bertz CT molecular complexity index is 860. The van der Waals surface area contributed by atoms with E-state index in [2.05, 4.69) is 49.2 Å². The van der Waals surface area contributed by atoms with Crippen molar-refractivity contribution >= 4 is 16.6 Å². The van der Waals surface area contributed by atoms with E-state index in [1.54, 1.807) is 0 Å². The summed E-state index contributed by atoms with van der Waals surface area (Å²) in [7, 11) is 2.08. The van der Waals surface area contributed by atoms with Crippen LogP contribution in [-0.2, 0) is 0 Å². The molecule has 1 heterocycles. The molecule has 1 aromatic heterocycles. The van der Waals surface area contributed by atoms with Gasteiger partial charge in [-0.1, -0.05) is 25.1 Å². The van der Waals surface area contributed by atoms with Crippen molar-refractivity contribution in [3.8, 4) is 17.0 Å². The number of hydrogen-bond acceptors (Lipinski definition) is 3. The number of benzene rings is 2. The van der Waals surface area contributed by atoms with Crippen LogP contribution in [0.3, 0.4) is 0 Å². The first kappa shape index (κ1) is 18.2. The number of halogens is 1. The van der Waals surface area contributed by atoms with E-state index >= 15 is 0 Å². The van der Waals surface area contributed by atoms with Crippen molar-refractivity contribution in [1.29, 1.82) is 0 Å². The van der Waals surface area contributed by atoms with E-state index in [1.807, 2.05) is 31.2 Å². The Balaban J connectivity index is 1.89. The lowest BCUT2D eigenvalue weighted by atomic mass is 10.1. The van der Waals surface area contributed by atoms with E-state index in [0.717, 1.165) is 28.7 Å². The third kappa shape index (κ3) is 3.96. The molecule has 0 aliphatic heterocycles. The maximum atomic E-state index is 12.9. The Kier molecular flexibility index (Phi) is 5.71. The fraction of sp³-hybridized carbons (Fsp3) is 0.318. The second-order valence-electron chi connectivity index (χ2n) is 6.41. The molecule has 0 bridgehead atoms. The van der Waals surface area contributed by atoms with Crippen LogP contribution in [0.2, 0.25) is 0 Å². The van der Waals surface area contributed by atoms with E-state index in [0.29, 0.717) is 12.2 Å². The number of rotatable bonds is 7. The minimum absolute atomic E-state index is 0.404. The molecule has 0 N–H and O–H groups in total. The second-order valence-corrected chi connectivity index (χ2v) is 6.41. The Labute approximate surface area is 154 Å². The van der Waals surface area contributed by atoms with Gasteiger partial charge in [0.1, 0.15) is 18.5 Å². The molecular formula is C22H25FN2O. The maximum absolute atomic E-state index is 12.9. The van der Waals surface area contributed by atoms with Gasteiger partial charge in [-0.05, 0) is 43.7 Å². The van der Waals surface area contributed by atoms with Crippen LogP contribution in [0, 0.1) is 0 Å². The summed E-state index contributed by atoms with van der Waals surface area (Å²) in [6.45, 7) is 4.53. The average molecular weight is 352 g/mol. The Morgan fingerprint density at radius 2 is 1.77 bits per heavy atom. The second kappa shape index (κ2) is 8.17. The number of anilines is 1. The molecule has 0 fully saturated rings. The number of ether oxygens (including phenoxy) is 1. The van der Waals surface area contributed by atoms with Crippen LogP contribution < -0.4 is 9.64 Å². The summed E-state index contributed by atoms with van der Waals surface area (Å²) >= 11 is 0. The number of hydrogen-bond donors (Lipinski definition) is 0. The lowest BCUT2D eigenvalue weighted by molar-refractivity contribution is 0.160. The van der Waals surface area contributed by atoms with Gasteiger partial charge in [-0.2, -0.15) is 0 Å². The van der Waals surface area contributed by atoms with Gasteiger partial charge in [-0.3, -0.25) is 0 Å². The van der Waals surface area contributed by atoms with Gasteiger partial charge in [0, 0.05) is 36.3 Å². The molecule has 1 atom stereocenters. The Morgan fingerprint density at radius 1 is 1.04 bits per heavy atom. The predicted molar refractivity (Wildman–Crippen MR) is 107 cm³/mol. The number of alkyl halides is 1. The van der Waals surface area contributed by atoms with Crippen LogP contribution >= 0.6 is 0 Å². The highest BCUT2D eigenvalue weighted by molar-refractivity contribution is 5.83. The molecule has 136 valence electrons. The van der Waals surface area contributed by atoms with Crippen LogP contribution in [0.5, 0.6) is 5.75 Å². The fourth-order valence-electron chi connectivity index (χ4n) is 2.82. The normalized spacial score (nSPS) is 12.2. The van der Waals surface area contributed by atoms with Crippen molar-refractivity contribution in [3.63, 3.8) is 0 Å². The minimum Gasteiger partial charge on any atom is -0.488 e. The average Bonchev–Trinajstić information content (AvgIpc) is 2.71. The van der Waals surface area contributed by atoms with E-state index in [-0.39, 0.29) is 0 Å². The fourth-order valence-corrected chi connectivity index (χ4v) is 2.82. The van der Waals surface area contributed by atoms with E-state index in [4.69, 9.17) is 9.72 Å². The first-order valence-electron chi connectivity index (χ1n) is 9.09. The first-order chi connectivity index (χ1) is 12.6. The Morgan fingerprint density at radius 3 is 2.42 bits per heavy atom. The summed E-state index contributed by atoms with van der Waals surface area (Å²) < 4.78 is 18.6. The van der Waals surface area contributed by atoms with Crippen molar-refractivity contribution in [2.45, 2.75) is 26.4 Å². The minimum atomic E-state index is -0.486. The lowest BCUT2D eigenvalue weighted by Gasteiger charge is -2.17. The number of aromatic nitrogens is 1. The summed E-state index contributed by atoms with van der Waals surface area (Å²) in [6, 6.07) is 18.2. The van der Waals surface area contributed by atoms with Gasteiger partial charge < -0.3 is 9.64 Å². The molecule has 0 saturated heterocycles. The molecule has 0 radical (unpaired) electrons. The zero-order valence-corrected chi connectivity index (χ0v) is 15.6. The smallest absolute Gasteiger partial charge is 0.127 e. The van der Waals surface area contributed by atoms with Gasteiger partial charge in [0.25, 0.3) is 0 Å². The molecule has 0 aliphatic rings. The summed E-state index contributed by atoms with van der Waals surface area (Å²) in [6.07, 6.45) is 0.235. The molecule has 26 heavy (non-hydrogen) atoms. The number of nitrogens with zero attached hydrogens (tertiary/aromatic N) is 2. The number of pyridine rings is 1. The quantitative estimate of drug-likeness (QED) is 0.562. The van der Waals surface area contributed by atoms with Gasteiger partial charge >= 0.3 is 0 Å². The van der Waals surface area contributed by atoms with E-state index in [1.165, 1.54) is 5.69 Å². The molecule has 2 aromatic carbocycles. The summed E-state index contributed by atoms with van der Waals surface area (Å²) in [5.74, 6) is 0.659. The molecular weight excluding hydrogens is 327 g/mol. The lowest BCUT2D eigenvalue weighted by Crippen LogP contribution is -2.17. The molecule has 0 spiro atoms. The third-order valence-corrected chi connectivity index (χ3v) is 4.67. The molecule has 0 saturated carbocycles. The van der Waals surface area contributed by atoms with Crippen molar-refractivity contribution in [1.82, 2.24) is 4.98 Å². The van der Waals surface area contributed by atoms with Crippen LogP contribution in [0.15, 0.2) is 54.6 Å². The predicted octanol–water partition coefficient (Wildman–Crippen LogP) is 5.48. The molecule has 0 aliphatic carbocycles. The van der Waals surface area contributed by atoms with Crippen molar-refractivity contribution in [2.75, 3.05) is 25.2 Å². The van der Waals surface area contributed by atoms with E-state index < -0.39 is 12.8 Å². The molecule has 0 amide bonds. The Hall–Kier alpha value is -2.62. The largest absolute Gasteiger partial charge is 0.488 e. The van der Waals surface area contributed by atoms with Crippen LogP contribution in [-0.4, -0.2) is 31.4 Å². The van der Waals surface area contributed by atoms with Gasteiger partial charge in [0.2, 0.25) is 0 Å². The highest BCUT2D eigenvalue weighted by Gasteiger charge is 2.09. The van der Waals surface area contributed by atoms with Crippen molar-refractivity contribution in [3.05, 3.63) is 54.6 Å². The van der Waals surface area contributed by atoms with Crippen molar-refractivity contribution < 1.29 is 9.13 Å². The SMILES string of the molecule is CCC(CF)Oc1ccc2ccc(-c3ccc(N(C)CC)cc3)nc2c1. The maximum Gasteiger partial charge on any atom is 0.127 e. The summed E-state index contributed by atoms with van der Waals surface area (Å²) in [5, 5.41) is 1.04. The third-order valence-electron chi connectivity index (χ3n) is 4.67. The van der Waals surface area contributed by atoms with Gasteiger partial charge in [-0.25, -0.2) is 9.37 Å². The molecule has 3 nitrogen and oxygen atoms in total. The summed E-state index contributed by atoms with van der Waals surface area (Å²) in [4.78, 5) is 6.96. The van der Waals surface area contributed by atoms with Gasteiger partial charge in [0.15, 0.2) is 0 Å². The zero-order valence-electron chi connectivity index (χ0n) is 15.6.